The second-order valence-electron chi connectivity index (χ2n) is 4.27. The average Bonchev–Trinajstić information content (AvgIpc) is 2.14. The van der Waals surface area contributed by atoms with E-state index in [1.807, 2.05) is 26.8 Å². The van der Waals surface area contributed by atoms with Crippen LogP contribution in [-0.4, -0.2) is 35.0 Å². The van der Waals surface area contributed by atoms with E-state index >= 15 is 0 Å². The Hall–Kier alpha value is -1.32. The maximum absolute atomic E-state index is 11.9. The normalized spacial score (nSPS) is 11.7. The smallest absolute Gasteiger partial charge is 0.323 e. The van der Waals surface area contributed by atoms with E-state index in [0.29, 0.717) is 12.1 Å². The number of hydrogen-bond acceptors (Lipinski definition) is 2. The van der Waals surface area contributed by atoms with E-state index in [4.69, 9.17) is 5.11 Å². The van der Waals surface area contributed by atoms with Gasteiger partial charge in [0.25, 0.3) is 0 Å². The lowest BCUT2D eigenvalue weighted by Gasteiger charge is -2.23. The van der Waals surface area contributed by atoms with Crippen LogP contribution in [0.2, 0.25) is 0 Å². The van der Waals surface area contributed by atoms with Crippen molar-refractivity contribution in [1.29, 1.82) is 0 Å². The van der Waals surface area contributed by atoms with E-state index in [1.165, 1.54) is 4.90 Å². The molecular formula is C12H21NO3. The van der Waals surface area contributed by atoms with Crippen molar-refractivity contribution >= 4 is 11.9 Å². The van der Waals surface area contributed by atoms with Crippen LogP contribution in [0.1, 0.15) is 34.1 Å². The van der Waals surface area contributed by atoms with Crippen molar-refractivity contribution in [1.82, 2.24) is 4.90 Å². The summed E-state index contributed by atoms with van der Waals surface area (Å²) in [7, 11) is 0. The Kier molecular flexibility index (Phi) is 6.46. The molecule has 4 heteroatoms. The van der Waals surface area contributed by atoms with Gasteiger partial charge in [0, 0.05) is 12.1 Å². The summed E-state index contributed by atoms with van der Waals surface area (Å²) >= 11 is 0. The lowest BCUT2D eigenvalue weighted by atomic mass is 10.1. The Morgan fingerprint density at radius 3 is 2.31 bits per heavy atom. The van der Waals surface area contributed by atoms with Crippen LogP contribution in [0.5, 0.6) is 0 Å². The van der Waals surface area contributed by atoms with E-state index < -0.39 is 5.97 Å². The lowest BCUT2D eigenvalue weighted by Crippen LogP contribution is -2.38. The second kappa shape index (κ2) is 7.04. The van der Waals surface area contributed by atoms with Crippen LogP contribution in [-0.2, 0) is 9.59 Å². The van der Waals surface area contributed by atoms with Crippen LogP contribution < -0.4 is 0 Å². The topological polar surface area (TPSA) is 57.6 Å². The molecule has 0 atom stereocenters. The molecule has 16 heavy (non-hydrogen) atoms. The van der Waals surface area contributed by atoms with Gasteiger partial charge in [-0.25, -0.2) is 0 Å². The Labute approximate surface area is 96.9 Å². The van der Waals surface area contributed by atoms with Crippen LogP contribution in [0, 0.1) is 5.92 Å². The highest BCUT2D eigenvalue weighted by molar-refractivity contribution is 5.94. The van der Waals surface area contributed by atoms with Gasteiger partial charge in [-0.15, -0.1) is 0 Å². The molecule has 0 aliphatic rings. The third kappa shape index (κ3) is 5.53. The predicted octanol–water partition coefficient (Wildman–Crippen LogP) is 1.91. The fraction of sp³-hybridized carbons (Fsp3) is 0.667. The fourth-order valence-electron chi connectivity index (χ4n) is 1.47. The van der Waals surface area contributed by atoms with Crippen molar-refractivity contribution < 1.29 is 14.7 Å². The Morgan fingerprint density at radius 2 is 1.94 bits per heavy atom. The van der Waals surface area contributed by atoms with E-state index in [9.17, 15) is 9.59 Å². The molecule has 0 saturated carbocycles. The molecule has 92 valence electrons. The van der Waals surface area contributed by atoms with Gasteiger partial charge in [-0.05, 0) is 19.3 Å². The molecule has 0 aliphatic carbocycles. The average molecular weight is 227 g/mol. The van der Waals surface area contributed by atoms with Crippen molar-refractivity contribution in [3.8, 4) is 0 Å². The van der Waals surface area contributed by atoms with Gasteiger partial charge in [0.05, 0.1) is 0 Å². The summed E-state index contributed by atoms with van der Waals surface area (Å²) in [5.74, 6) is -0.894. The highest BCUT2D eigenvalue weighted by atomic mass is 16.4. The number of rotatable bonds is 6. The number of amides is 1. The first-order valence-corrected chi connectivity index (χ1v) is 5.56. The second-order valence-corrected chi connectivity index (χ2v) is 4.27. The summed E-state index contributed by atoms with van der Waals surface area (Å²) in [4.78, 5) is 23.9. The molecule has 0 rings (SSSR count). The molecule has 0 fully saturated rings. The van der Waals surface area contributed by atoms with Gasteiger partial charge in [-0.3, -0.25) is 9.59 Å². The zero-order valence-electron chi connectivity index (χ0n) is 10.5. The molecule has 0 spiro atoms. The molecule has 0 saturated heterocycles. The first-order chi connectivity index (χ1) is 7.38. The summed E-state index contributed by atoms with van der Waals surface area (Å²) in [5, 5.41) is 8.74. The van der Waals surface area contributed by atoms with Gasteiger partial charge >= 0.3 is 5.97 Å². The minimum atomic E-state index is -0.974. The van der Waals surface area contributed by atoms with Crippen molar-refractivity contribution in [2.24, 2.45) is 5.92 Å². The number of carbonyl (C=O) groups excluding carboxylic acids is 1. The molecule has 0 aromatic heterocycles. The van der Waals surface area contributed by atoms with Crippen molar-refractivity contribution in [2.75, 3.05) is 13.1 Å². The fourth-order valence-corrected chi connectivity index (χ4v) is 1.47. The van der Waals surface area contributed by atoms with E-state index in [-0.39, 0.29) is 18.4 Å². The summed E-state index contributed by atoms with van der Waals surface area (Å²) in [5.41, 5.74) is 0.615. The van der Waals surface area contributed by atoms with Crippen LogP contribution >= 0.6 is 0 Å². The summed E-state index contributed by atoms with van der Waals surface area (Å²) in [6.07, 6.45) is 2.59. The van der Waals surface area contributed by atoms with Gasteiger partial charge < -0.3 is 10.0 Å². The van der Waals surface area contributed by atoms with Gasteiger partial charge in [0.15, 0.2) is 0 Å². The third-order valence-electron chi connectivity index (χ3n) is 2.05. The standard InChI is InChI=1S/C12H21NO3/c1-5-6-10(4)12(16)13(7-9(2)3)8-11(14)15/h6,9H,5,7-8H2,1-4H3,(H,14,15)/b10-6-. The molecule has 0 aromatic rings. The van der Waals surface area contributed by atoms with Gasteiger partial charge in [0.2, 0.25) is 5.91 Å². The quantitative estimate of drug-likeness (QED) is 0.705. The molecule has 4 nitrogen and oxygen atoms in total. The third-order valence-corrected chi connectivity index (χ3v) is 2.05. The van der Waals surface area contributed by atoms with Crippen LogP contribution in [0.25, 0.3) is 0 Å². The van der Waals surface area contributed by atoms with Gasteiger partial charge in [-0.2, -0.15) is 0 Å². The number of nitrogens with zero attached hydrogens (tertiary/aromatic N) is 1. The summed E-state index contributed by atoms with van der Waals surface area (Å²) in [6, 6.07) is 0. The van der Waals surface area contributed by atoms with Crippen molar-refractivity contribution in [2.45, 2.75) is 34.1 Å². The molecular weight excluding hydrogens is 206 g/mol. The Bertz CT molecular complexity index is 282. The number of aliphatic carboxylic acids is 1. The largest absolute Gasteiger partial charge is 0.480 e. The number of hydrogen-bond donors (Lipinski definition) is 1. The van der Waals surface area contributed by atoms with Gasteiger partial charge in [0.1, 0.15) is 6.54 Å². The first kappa shape index (κ1) is 14.7. The molecule has 0 aliphatic heterocycles. The zero-order chi connectivity index (χ0) is 12.7. The molecule has 0 bridgehead atoms. The monoisotopic (exact) mass is 227 g/mol. The molecule has 0 radical (unpaired) electrons. The zero-order valence-corrected chi connectivity index (χ0v) is 10.5. The number of carboxylic acid groups (broad SMARTS) is 1. The van der Waals surface area contributed by atoms with E-state index in [2.05, 4.69) is 0 Å². The number of carboxylic acids is 1. The van der Waals surface area contributed by atoms with Crippen LogP contribution in [0.3, 0.4) is 0 Å². The Morgan fingerprint density at radius 1 is 1.38 bits per heavy atom. The van der Waals surface area contributed by atoms with Crippen molar-refractivity contribution in [3.05, 3.63) is 11.6 Å². The number of carbonyl (C=O) groups is 2. The van der Waals surface area contributed by atoms with Crippen molar-refractivity contribution in [3.63, 3.8) is 0 Å². The highest BCUT2D eigenvalue weighted by Gasteiger charge is 2.18. The molecule has 1 N–H and O–H groups in total. The van der Waals surface area contributed by atoms with Crippen LogP contribution in [0.15, 0.2) is 11.6 Å². The predicted molar refractivity (Wildman–Crippen MR) is 63.1 cm³/mol. The SMILES string of the molecule is CC/C=C(/C)C(=O)N(CC(=O)O)CC(C)C. The maximum atomic E-state index is 11.9. The maximum Gasteiger partial charge on any atom is 0.323 e. The molecule has 1 amide bonds. The summed E-state index contributed by atoms with van der Waals surface area (Å²) < 4.78 is 0. The van der Waals surface area contributed by atoms with E-state index in [1.54, 1.807) is 6.92 Å². The molecule has 0 unspecified atom stereocenters. The van der Waals surface area contributed by atoms with Crippen LogP contribution in [0.4, 0.5) is 0 Å². The Balaban J connectivity index is 4.67. The summed E-state index contributed by atoms with van der Waals surface area (Å²) in [6.45, 7) is 7.83. The number of allylic oxidation sites excluding steroid dienone is 1. The van der Waals surface area contributed by atoms with Gasteiger partial charge in [-0.1, -0.05) is 26.8 Å². The molecule has 0 aromatic carbocycles. The lowest BCUT2D eigenvalue weighted by molar-refractivity contribution is -0.143. The first-order valence-electron chi connectivity index (χ1n) is 5.56. The minimum absolute atomic E-state index is 0.182. The molecule has 0 heterocycles. The van der Waals surface area contributed by atoms with E-state index in [0.717, 1.165) is 6.42 Å². The highest BCUT2D eigenvalue weighted by Crippen LogP contribution is 2.06. The minimum Gasteiger partial charge on any atom is -0.480 e.